The lowest BCUT2D eigenvalue weighted by atomic mass is 9.82. The number of hydrogen-bond acceptors (Lipinski definition) is 5. The summed E-state index contributed by atoms with van der Waals surface area (Å²) < 4.78 is 5.87. The molecule has 0 radical (unpaired) electrons. The molecule has 10 nitrogen and oxygen atoms in total. The minimum atomic E-state index is -1.11. The lowest BCUT2D eigenvalue weighted by Gasteiger charge is -2.46. The molecule has 11 heteroatoms. The molecule has 3 aliphatic rings. The van der Waals surface area contributed by atoms with Crippen molar-refractivity contribution < 1.29 is 29.0 Å². The first-order valence-corrected chi connectivity index (χ1v) is 14.5. The molecule has 2 aliphatic heterocycles. The summed E-state index contributed by atoms with van der Waals surface area (Å²) >= 11 is 6.30. The van der Waals surface area contributed by atoms with E-state index >= 15 is 0 Å². The molecule has 1 spiro atoms. The van der Waals surface area contributed by atoms with Crippen molar-refractivity contribution in [1.82, 2.24) is 10.2 Å². The fourth-order valence-corrected chi connectivity index (χ4v) is 6.44. The number of rotatable bonds is 6. The normalized spacial score (nSPS) is 21.3. The Kier molecular flexibility index (Phi) is 8.40. The summed E-state index contributed by atoms with van der Waals surface area (Å²) in [6, 6.07) is 10.7. The van der Waals surface area contributed by atoms with E-state index in [-0.39, 0.29) is 12.5 Å². The number of fused-ring (bicyclic) bond motifs is 2. The number of hydrogen-bond donors (Lipinski definition) is 3. The molecule has 41 heavy (non-hydrogen) atoms. The summed E-state index contributed by atoms with van der Waals surface area (Å²) in [5.74, 6) is -0.288. The number of benzene rings is 2. The molecule has 3 N–H and O–H groups in total. The Morgan fingerprint density at radius 1 is 1.15 bits per heavy atom. The standard InChI is InChI=1S/C30H35ClN4O6/c1-34(29(39)40)22-11-8-20(9-12-22)26(36)32-25(16-19-6-3-2-4-7-19)27(37)35-15-5-14-30(18-35)23-17-21(31)10-13-24(23)33-28(38)41-30/h8-13,17,19,25H,2-7,14-16,18H2,1H3,(H,32,36)(H,33,38)(H,39,40)/t25-,30-/m0/s1. The maximum Gasteiger partial charge on any atom is 0.412 e. The highest BCUT2D eigenvalue weighted by Gasteiger charge is 2.47. The molecule has 2 heterocycles. The first-order valence-electron chi connectivity index (χ1n) is 14.1. The summed E-state index contributed by atoms with van der Waals surface area (Å²) in [4.78, 5) is 54.0. The van der Waals surface area contributed by atoms with Gasteiger partial charge in [-0.05, 0) is 67.6 Å². The second-order valence-corrected chi connectivity index (χ2v) is 11.7. The van der Waals surface area contributed by atoms with Gasteiger partial charge < -0.3 is 20.1 Å². The molecule has 2 aromatic rings. The Morgan fingerprint density at radius 2 is 1.88 bits per heavy atom. The van der Waals surface area contributed by atoms with Crippen LogP contribution < -0.4 is 15.5 Å². The lowest BCUT2D eigenvalue weighted by molar-refractivity contribution is -0.141. The zero-order chi connectivity index (χ0) is 29.1. The second kappa shape index (κ2) is 12.0. The predicted molar refractivity (Wildman–Crippen MR) is 154 cm³/mol. The van der Waals surface area contributed by atoms with E-state index in [2.05, 4.69) is 10.6 Å². The summed E-state index contributed by atoms with van der Waals surface area (Å²) in [6.07, 6.45) is 5.41. The summed E-state index contributed by atoms with van der Waals surface area (Å²) in [5.41, 5.74) is 1.09. The van der Waals surface area contributed by atoms with Gasteiger partial charge in [0.1, 0.15) is 6.04 Å². The Hall–Kier alpha value is -3.79. The van der Waals surface area contributed by atoms with E-state index in [1.165, 1.54) is 13.5 Å². The number of carboxylic acid groups (broad SMARTS) is 1. The molecule has 0 bridgehead atoms. The zero-order valence-corrected chi connectivity index (χ0v) is 23.8. The molecule has 5 rings (SSSR count). The summed E-state index contributed by atoms with van der Waals surface area (Å²) in [7, 11) is 1.42. The number of carbonyl (C=O) groups is 4. The van der Waals surface area contributed by atoms with E-state index in [9.17, 15) is 24.3 Å². The molecule has 1 aliphatic carbocycles. The van der Waals surface area contributed by atoms with Gasteiger partial charge in [-0.15, -0.1) is 0 Å². The van der Waals surface area contributed by atoms with E-state index in [1.807, 2.05) is 0 Å². The van der Waals surface area contributed by atoms with Crippen LogP contribution in [0.2, 0.25) is 5.02 Å². The van der Waals surface area contributed by atoms with Crippen molar-refractivity contribution in [1.29, 1.82) is 0 Å². The first kappa shape index (κ1) is 28.7. The minimum Gasteiger partial charge on any atom is -0.465 e. The minimum absolute atomic E-state index is 0.167. The van der Waals surface area contributed by atoms with E-state index in [4.69, 9.17) is 16.3 Å². The van der Waals surface area contributed by atoms with Crippen LogP contribution in [0.1, 0.15) is 67.3 Å². The fraction of sp³-hybridized carbons (Fsp3) is 0.467. The van der Waals surface area contributed by atoms with Gasteiger partial charge in [0.15, 0.2) is 5.60 Å². The van der Waals surface area contributed by atoms with Crippen LogP contribution in [-0.4, -0.2) is 60.2 Å². The van der Waals surface area contributed by atoms with Crippen molar-refractivity contribution >= 4 is 47.0 Å². The predicted octanol–water partition coefficient (Wildman–Crippen LogP) is 5.60. The average molecular weight is 583 g/mol. The van der Waals surface area contributed by atoms with Crippen LogP contribution >= 0.6 is 11.6 Å². The van der Waals surface area contributed by atoms with E-state index in [1.54, 1.807) is 47.4 Å². The Balaban J connectivity index is 1.37. The molecular weight excluding hydrogens is 548 g/mol. The van der Waals surface area contributed by atoms with Crippen molar-refractivity contribution in [3.8, 4) is 0 Å². The van der Waals surface area contributed by atoms with E-state index < -0.39 is 29.7 Å². The van der Waals surface area contributed by atoms with Crippen molar-refractivity contribution in [3.63, 3.8) is 0 Å². The van der Waals surface area contributed by atoms with Crippen LogP contribution in [0.25, 0.3) is 0 Å². The number of carbonyl (C=O) groups excluding carboxylic acids is 3. The molecule has 2 aromatic carbocycles. The van der Waals surface area contributed by atoms with Crippen LogP contribution in [0.5, 0.6) is 0 Å². The van der Waals surface area contributed by atoms with E-state index in [0.29, 0.717) is 53.7 Å². The molecule has 0 unspecified atom stereocenters. The van der Waals surface area contributed by atoms with Crippen LogP contribution in [0.15, 0.2) is 42.5 Å². The zero-order valence-electron chi connectivity index (χ0n) is 23.0. The molecule has 1 saturated heterocycles. The van der Waals surface area contributed by atoms with Crippen LogP contribution in [-0.2, 0) is 15.1 Å². The lowest BCUT2D eigenvalue weighted by Crippen LogP contribution is -2.57. The Morgan fingerprint density at radius 3 is 2.59 bits per heavy atom. The molecule has 1 saturated carbocycles. The van der Waals surface area contributed by atoms with Gasteiger partial charge >= 0.3 is 12.2 Å². The van der Waals surface area contributed by atoms with Crippen LogP contribution in [0.4, 0.5) is 21.0 Å². The number of piperidine rings is 1. The molecule has 2 atom stereocenters. The monoisotopic (exact) mass is 582 g/mol. The van der Waals surface area contributed by atoms with Gasteiger partial charge in [-0.25, -0.2) is 9.59 Å². The van der Waals surface area contributed by atoms with Gasteiger partial charge in [-0.3, -0.25) is 19.8 Å². The number of anilines is 2. The summed E-state index contributed by atoms with van der Waals surface area (Å²) in [5, 5.41) is 15.4. The number of halogens is 1. The van der Waals surface area contributed by atoms with Gasteiger partial charge in [-0.2, -0.15) is 0 Å². The highest BCUT2D eigenvalue weighted by atomic mass is 35.5. The van der Waals surface area contributed by atoms with Crippen molar-refractivity contribution in [2.45, 2.75) is 63.0 Å². The fourth-order valence-electron chi connectivity index (χ4n) is 6.27. The van der Waals surface area contributed by atoms with Gasteiger partial charge in [0, 0.05) is 35.4 Å². The van der Waals surface area contributed by atoms with Crippen LogP contribution in [0, 0.1) is 5.92 Å². The number of likely N-dealkylation sites (tertiary alicyclic amines) is 1. The Bertz CT molecular complexity index is 1330. The third kappa shape index (κ3) is 6.27. The van der Waals surface area contributed by atoms with Gasteiger partial charge in [0.05, 0.1) is 12.2 Å². The van der Waals surface area contributed by atoms with Crippen molar-refractivity contribution in [3.05, 3.63) is 58.6 Å². The topological polar surface area (TPSA) is 128 Å². The van der Waals surface area contributed by atoms with Crippen molar-refractivity contribution in [2.24, 2.45) is 5.92 Å². The number of nitrogens with zero attached hydrogens (tertiary/aromatic N) is 2. The third-order valence-electron chi connectivity index (χ3n) is 8.46. The molecule has 4 amide bonds. The smallest absolute Gasteiger partial charge is 0.412 e. The number of amides is 4. The van der Waals surface area contributed by atoms with E-state index in [0.717, 1.165) is 36.1 Å². The summed E-state index contributed by atoms with van der Waals surface area (Å²) in [6.45, 7) is 0.647. The molecule has 2 fully saturated rings. The van der Waals surface area contributed by atoms with Gasteiger partial charge in [0.25, 0.3) is 5.91 Å². The highest BCUT2D eigenvalue weighted by Crippen LogP contribution is 2.43. The maximum atomic E-state index is 14.1. The third-order valence-corrected chi connectivity index (χ3v) is 8.70. The SMILES string of the molecule is CN(C(=O)O)c1ccc(C(=O)N[C@@H](CC2CCCCC2)C(=O)N2CCC[C@@]3(C2)OC(=O)Nc2ccc(Cl)cc23)cc1. The Labute approximate surface area is 244 Å². The highest BCUT2D eigenvalue weighted by molar-refractivity contribution is 6.30. The second-order valence-electron chi connectivity index (χ2n) is 11.2. The molecular formula is C30H35ClN4O6. The average Bonchev–Trinajstić information content (AvgIpc) is 2.97. The van der Waals surface area contributed by atoms with Gasteiger partial charge in [-0.1, -0.05) is 43.7 Å². The van der Waals surface area contributed by atoms with Crippen molar-refractivity contribution in [2.75, 3.05) is 30.4 Å². The number of ether oxygens (including phenoxy) is 1. The number of nitrogens with one attached hydrogen (secondary N) is 2. The first-order chi connectivity index (χ1) is 19.6. The quantitative estimate of drug-likeness (QED) is 0.406. The molecule has 0 aromatic heterocycles. The van der Waals surface area contributed by atoms with Gasteiger partial charge in [0.2, 0.25) is 5.91 Å². The van der Waals surface area contributed by atoms with Crippen LogP contribution in [0.3, 0.4) is 0 Å². The largest absolute Gasteiger partial charge is 0.465 e. The maximum absolute atomic E-state index is 14.1. The molecule has 218 valence electrons.